The van der Waals surface area contributed by atoms with Gasteiger partial charge in [0, 0.05) is 19.3 Å². The van der Waals surface area contributed by atoms with Crippen LogP contribution in [0.4, 0.5) is 0 Å². The van der Waals surface area contributed by atoms with Gasteiger partial charge in [0.15, 0.2) is 0 Å². The Labute approximate surface area is 143 Å². The number of fused-ring (bicyclic) bond motifs is 1. The molecule has 0 aliphatic heterocycles. The van der Waals surface area contributed by atoms with Gasteiger partial charge in [-0.1, -0.05) is 36.4 Å². The van der Waals surface area contributed by atoms with Crippen molar-refractivity contribution in [2.24, 2.45) is 0 Å². The second kappa shape index (κ2) is 7.60. The average molecular weight is 323 g/mol. The number of rotatable bonds is 7. The van der Waals surface area contributed by atoms with Gasteiger partial charge in [-0.3, -0.25) is 0 Å². The van der Waals surface area contributed by atoms with E-state index >= 15 is 0 Å². The van der Waals surface area contributed by atoms with E-state index in [-0.39, 0.29) is 6.10 Å². The summed E-state index contributed by atoms with van der Waals surface area (Å²) in [5, 5.41) is 13.3. The van der Waals surface area contributed by atoms with Crippen molar-refractivity contribution in [1.29, 1.82) is 0 Å². The fourth-order valence-corrected chi connectivity index (χ4v) is 3.18. The minimum atomic E-state index is -0.310. The third-order valence-corrected chi connectivity index (χ3v) is 4.40. The third kappa shape index (κ3) is 3.83. The van der Waals surface area contributed by atoms with E-state index in [1.54, 1.807) is 0 Å². The molecular formula is C20H25N3O. The second-order valence-corrected chi connectivity index (χ2v) is 6.46. The van der Waals surface area contributed by atoms with Crippen molar-refractivity contribution in [3.8, 4) is 0 Å². The molecule has 1 aromatic carbocycles. The Morgan fingerprint density at radius 1 is 1.17 bits per heavy atom. The summed E-state index contributed by atoms with van der Waals surface area (Å²) in [5.74, 6) is 0.298. The summed E-state index contributed by atoms with van der Waals surface area (Å²) < 4.78 is 2.13. The zero-order chi connectivity index (χ0) is 16.9. The van der Waals surface area contributed by atoms with E-state index in [1.807, 2.05) is 25.3 Å². The van der Waals surface area contributed by atoms with Crippen LogP contribution >= 0.6 is 0 Å². The van der Waals surface area contributed by atoms with Crippen LogP contribution in [0, 0.1) is 6.92 Å². The minimum Gasteiger partial charge on any atom is -0.393 e. The first kappa shape index (κ1) is 16.7. The first-order chi connectivity index (χ1) is 11.6. The van der Waals surface area contributed by atoms with Crippen molar-refractivity contribution < 1.29 is 5.11 Å². The van der Waals surface area contributed by atoms with Crippen molar-refractivity contribution in [2.75, 3.05) is 6.54 Å². The molecule has 3 rings (SSSR count). The van der Waals surface area contributed by atoms with Crippen LogP contribution in [-0.4, -0.2) is 27.1 Å². The van der Waals surface area contributed by atoms with Crippen LogP contribution in [0.1, 0.15) is 36.1 Å². The number of aliphatic hydroxyl groups excluding tert-OH is 1. The van der Waals surface area contributed by atoms with Crippen molar-refractivity contribution in [3.63, 3.8) is 0 Å². The zero-order valence-electron chi connectivity index (χ0n) is 14.3. The summed E-state index contributed by atoms with van der Waals surface area (Å²) in [6, 6.07) is 14.5. The lowest BCUT2D eigenvalue weighted by Gasteiger charge is -2.19. The maximum atomic E-state index is 9.80. The lowest BCUT2D eigenvalue weighted by molar-refractivity contribution is 0.173. The van der Waals surface area contributed by atoms with E-state index < -0.39 is 0 Å². The first-order valence-electron chi connectivity index (χ1n) is 8.50. The molecule has 0 fully saturated rings. The molecule has 0 bridgehead atoms. The number of aromatic nitrogens is 2. The summed E-state index contributed by atoms with van der Waals surface area (Å²) in [6.45, 7) is 5.51. The lowest BCUT2D eigenvalue weighted by Crippen LogP contribution is -2.24. The summed E-state index contributed by atoms with van der Waals surface area (Å²) in [4.78, 5) is 4.51. The minimum absolute atomic E-state index is 0.298. The van der Waals surface area contributed by atoms with Crippen molar-refractivity contribution in [1.82, 2.24) is 14.7 Å². The van der Waals surface area contributed by atoms with E-state index in [4.69, 9.17) is 0 Å². The number of pyridine rings is 1. The fraction of sp³-hybridized carbons (Fsp3) is 0.350. The Morgan fingerprint density at radius 3 is 2.71 bits per heavy atom. The van der Waals surface area contributed by atoms with Crippen molar-refractivity contribution >= 4 is 5.65 Å². The number of aliphatic hydroxyl groups is 1. The monoisotopic (exact) mass is 323 g/mol. The molecular weight excluding hydrogens is 298 g/mol. The molecule has 0 saturated heterocycles. The van der Waals surface area contributed by atoms with E-state index in [9.17, 15) is 5.11 Å². The van der Waals surface area contributed by atoms with Gasteiger partial charge in [-0.25, -0.2) is 4.98 Å². The molecule has 24 heavy (non-hydrogen) atoms. The van der Waals surface area contributed by atoms with E-state index in [0.717, 1.165) is 30.9 Å². The number of hydrogen-bond acceptors (Lipinski definition) is 3. The van der Waals surface area contributed by atoms with Gasteiger partial charge in [-0.2, -0.15) is 0 Å². The lowest BCUT2D eigenvalue weighted by atomic mass is 9.93. The van der Waals surface area contributed by atoms with Crippen LogP contribution in [0.3, 0.4) is 0 Å². The molecule has 126 valence electrons. The Morgan fingerprint density at radius 2 is 1.96 bits per heavy atom. The summed E-state index contributed by atoms with van der Waals surface area (Å²) in [5.41, 5.74) is 4.61. The highest BCUT2D eigenvalue weighted by molar-refractivity contribution is 5.48. The highest BCUT2D eigenvalue weighted by Crippen LogP contribution is 2.20. The molecule has 2 N–H and O–H groups in total. The van der Waals surface area contributed by atoms with Crippen LogP contribution in [0.15, 0.2) is 54.9 Å². The number of hydrogen-bond donors (Lipinski definition) is 2. The highest BCUT2D eigenvalue weighted by Gasteiger charge is 2.14. The zero-order valence-corrected chi connectivity index (χ0v) is 14.3. The molecule has 0 saturated carbocycles. The topological polar surface area (TPSA) is 49.6 Å². The molecule has 0 spiro atoms. The standard InChI is InChI=1S/C20H25N3O/c1-15-7-6-10-23-19(14-22-20(15)23)13-21-12-18(11-16(2)24)17-8-4-3-5-9-17/h3-10,14,16,18,21,24H,11-13H2,1-2H3. The van der Waals surface area contributed by atoms with E-state index in [0.29, 0.717) is 5.92 Å². The van der Waals surface area contributed by atoms with Gasteiger partial charge < -0.3 is 14.8 Å². The number of imidazole rings is 1. The molecule has 4 heteroatoms. The molecule has 0 radical (unpaired) electrons. The molecule has 2 aromatic heterocycles. The number of nitrogens with zero attached hydrogens (tertiary/aromatic N) is 2. The predicted octanol–water partition coefficient (Wildman–Crippen LogP) is 3.29. The maximum absolute atomic E-state index is 9.80. The molecule has 2 heterocycles. The molecule has 0 aliphatic rings. The van der Waals surface area contributed by atoms with Gasteiger partial charge in [-0.05, 0) is 43.4 Å². The van der Waals surface area contributed by atoms with Gasteiger partial charge in [0.1, 0.15) is 5.65 Å². The third-order valence-electron chi connectivity index (χ3n) is 4.40. The number of benzene rings is 1. The Balaban J connectivity index is 1.67. The first-order valence-corrected chi connectivity index (χ1v) is 8.50. The quantitative estimate of drug-likeness (QED) is 0.701. The van der Waals surface area contributed by atoms with E-state index in [1.165, 1.54) is 11.1 Å². The smallest absolute Gasteiger partial charge is 0.139 e. The molecule has 3 aromatic rings. The highest BCUT2D eigenvalue weighted by atomic mass is 16.3. The molecule has 2 atom stereocenters. The average Bonchev–Trinajstić information content (AvgIpc) is 2.99. The van der Waals surface area contributed by atoms with E-state index in [2.05, 4.69) is 58.2 Å². The predicted molar refractivity (Wildman–Crippen MR) is 97.1 cm³/mol. The van der Waals surface area contributed by atoms with Gasteiger partial charge in [0.2, 0.25) is 0 Å². The molecule has 0 amide bonds. The van der Waals surface area contributed by atoms with Gasteiger partial charge in [-0.15, -0.1) is 0 Å². The van der Waals surface area contributed by atoms with Crippen LogP contribution in [0.25, 0.3) is 5.65 Å². The van der Waals surface area contributed by atoms with Crippen molar-refractivity contribution in [3.05, 3.63) is 71.7 Å². The van der Waals surface area contributed by atoms with Gasteiger partial charge in [0.05, 0.1) is 18.0 Å². The van der Waals surface area contributed by atoms with Crippen LogP contribution in [0.2, 0.25) is 0 Å². The molecule has 4 nitrogen and oxygen atoms in total. The van der Waals surface area contributed by atoms with Crippen LogP contribution in [0.5, 0.6) is 0 Å². The SMILES string of the molecule is Cc1cccn2c(CNCC(CC(C)O)c3ccccc3)cnc12. The Kier molecular flexibility index (Phi) is 5.28. The molecule has 2 unspecified atom stereocenters. The number of aryl methyl sites for hydroxylation is 1. The Hall–Kier alpha value is -2.17. The summed E-state index contributed by atoms with van der Waals surface area (Å²) >= 11 is 0. The van der Waals surface area contributed by atoms with Gasteiger partial charge in [0.25, 0.3) is 0 Å². The second-order valence-electron chi connectivity index (χ2n) is 6.46. The largest absolute Gasteiger partial charge is 0.393 e. The fourth-order valence-electron chi connectivity index (χ4n) is 3.18. The van der Waals surface area contributed by atoms with Gasteiger partial charge >= 0.3 is 0 Å². The summed E-state index contributed by atoms with van der Waals surface area (Å²) in [7, 11) is 0. The number of nitrogens with one attached hydrogen (secondary N) is 1. The molecule has 0 aliphatic carbocycles. The van der Waals surface area contributed by atoms with Crippen LogP contribution < -0.4 is 5.32 Å². The summed E-state index contributed by atoms with van der Waals surface area (Å²) in [6.07, 6.45) is 4.43. The van der Waals surface area contributed by atoms with Crippen molar-refractivity contribution in [2.45, 2.75) is 38.8 Å². The van der Waals surface area contributed by atoms with Crippen LogP contribution in [-0.2, 0) is 6.54 Å². The normalized spacial score (nSPS) is 14.0. The maximum Gasteiger partial charge on any atom is 0.139 e. The Bertz CT molecular complexity index is 780.